The summed E-state index contributed by atoms with van der Waals surface area (Å²) < 4.78 is 44.4. The fourth-order valence-corrected chi connectivity index (χ4v) is 1.68. The first-order valence-electron chi connectivity index (χ1n) is 5.55. The van der Waals surface area contributed by atoms with Gasteiger partial charge in [0.25, 0.3) is 0 Å². The molecule has 0 fully saturated rings. The van der Waals surface area contributed by atoms with Crippen LogP contribution in [0.2, 0.25) is 0 Å². The second-order valence-electron chi connectivity index (χ2n) is 3.79. The molecule has 0 bridgehead atoms. The molecule has 0 spiro atoms. The maximum absolute atomic E-state index is 13.2. The quantitative estimate of drug-likeness (QED) is 0.846. The van der Waals surface area contributed by atoms with E-state index in [1.807, 2.05) is 6.92 Å². The lowest BCUT2D eigenvalue weighted by Gasteiger charge is -2.05. The van der Waals surface area contributed by atoms with Crippen molar-refractivity contribution in [3.63, 3.8) is 0 Å². The van der Waals surface area contributed by atoms with E-state index in [0.29, 0.717) is 17.9 Å². The zero-order valence-corrected chi connectivity index (χ0v) is 9.77. The number of furan rings is 1. The molecule has 0 saturated carbocycles. The lowest BCUT2D eigenvalue weighted by atomic mass is 10.1. The Morgan fingerprint density at radius 3 is 2.44 bits per heavy atom. The van der Waals surface area contributed by atoms with Crippen LogP contribution in [0.4, 0.5) is 13.2 Å². The molecule has 2 aromatic rings. The van der Waals surface area contributed by atoms with Crippen LogP contribution < -0.4 is 5.32 Å². The summed E-state index contributed by atoms with van der Waals surface area (Å²) in [5.41, 5.74) is 0.807. The third-order valence-electron chi connectivity index (χ3n) is 2.58. The lowest BCUT2D eigenvalue weighted by Crippen LogP contribution is -2.11. The van der Waals surface area contributed by atoms with E-state index in [0.717, 1.165) is 18.7 Å². The van der Waals surface area contributed by atoms with Crippen molar-refractivity contribution < 1.29 is 17.6 Å². The van der Waals surface area contributed by atoms with Gasteiger partial charge in [0, 0.05) is 5.56 Å². The van der Waals surface area contributed by atoms with E-state index in [1.54, 1.807) is 6.07 Å². The van der Waals surface area contributed by atoms with E-state index in [-0.39, 0.29) is 5.56 Å². The van der Waals surface area contributed by atoms with E-state index < -0.39 is 17.5 Å². The van der Waals surface area contributed by atoms with Crippen molar-refractivity contribution in [1.82, 2.24) is 5.32 Å². The van der Waals surface area contributed by atoms with Gasteiger partial charge in [-0.1, -0.05) is 6.92 Å². The van der Waals surface area contributed by atoms with Crippen LogP contribution >= 0.6 is 0 Å². The van der Waals surface area contributed by atoms with Gasteiger partial charge in [0.2, 0.25) is 0 Å². The van der Waals surface area contributed by atoms with Crippen molar-refractivity contribution in [2.75, 3.05) is 6.54 Å². The number of halogens is 3. The van der Waals surface area contributed by atoms with E-state index in [4.69, 9.17) is 4.42 Å². The van der Waals surface area contributed by atoms with Crippen LogP contribution in [-0.4, -0.2) is 6.54 Å². The van der Waals surface area contributed by atoms with Crippen LogP contribution in [-0.2, 0) is 6.54 Å². The number of benzene rings is 1. The maximum Gasteiger partial charge on any atom is 0.194 e. The minimum absolute atomic E-state index is 0.257. The van der Waals surface area contributed by atoms with Crippen molar-refractivity contribution >= 4 is 0 Å². The monoisotopic (exact) mass is 255 g/mol. The molecule has 2 rings (SSSR count). The number of rotatable bonds is 4. The van der Waals surface area contributed by atoms with Gasteiger partial charge in [-0.15, -0.1) is 0 Å². The Kier molecular flexibility index (Phi) is 3.72. The van der Waals surface area contributed by atoms with Crippen LogP contribution in [0.1, 0.15) is 12.7 Å². The van der Waals surface area contributed by atoms with Crippen LogP contribution in [0, 0.1) is 17.5 Å². The Morgan fingerprint density at radius 1 is 1.17 bits per heavy atom. The molecule has 1 aromatic heterocycles. The molecule has 1 heterocycles. The number of hydrogen-bond acceptors (Lipinski definition) is 2. The molecule has 0 unspecified atom stereocenters. The summed E-state index contributed by atoms with van der Waals surface area (Å²) in [6, 6.07) is 3.51. The van der Waals surface area contributed by atoms with Gasteiger partial charge < -0.3 is 9.73 Å². The maximum atomic E-state index is 13.2. The van der Waals surface area contributed by atoms with E-state index in [1.165, 1.54) is 6.26 Å². The van der Waals surface area contributed by atoms with Crippen molar-refractivity contribution in [2.24, 2.45) is 0 Å². The molecule has 0 saturated heterocycles. The van der Waals surface area contributed by atoms with Crippen molar-refractivity contribution in [3.8, 4) is 11.1 Å². The molecule has 0 radical (unpaired) electrons. The van der Waals surface area contributed by atoms with Gasteiger partial charge >= 0.3 is 0 Å². The molecule has 0 atom stereocenters. The van der Waals surface area contributed by atoms with Crippen LogP contribution in [0.15, 0.2) is 28.9 Å². The SMILES string of the molecule is CCNCc1occc1-c1cc(F)c(F)c(F)c1. The fourth-order valence-electron chi connectivity index (χ4n) is 1.68. The molecule has 0 aliphatic carbocycles. The number of nitrogens with one attached hydrogen (secondary N) is 1. The summed E-state index contributed by atoms with van der Waals surface area (Å²) in [5.74, 6) is -3.32. The normalized spacial score (nSPS) is 10.9. The Labute approximate surface area is 102 Å². The summed E-state index contributed by atoms with van der Waals surface area (Å²) in [5, 5.41) is 3.05. The first-order chi connectivity index (χ1) is 8.63. The third kappa shape index (κ3) is 2.41. The van der Waals surface area contributed by atoms with E-state index in [2.05, 4.69) is 5.32 Å². The molecule has 2 nitrogen and oxygen atoms in total. The average molecular weight is 255 g/mol. The zero-order valence-electron chi connectivity index (χ0n) is 9.77. The van der Waals surface area contributed by atoms with Gasteiger partial charge in [-0.25, -0.2) is 13.2 Å². The molecule has 0 amide bonds. The molecule has 18 heavy (non-hydrogen) atoms. The topological polar surface area (TPSA) is 25.2 Å². The Bertz CT molecular complexity index is 528. The number of hydrogen-bond donors (Lipinski definition) is 1. The average Bonchev–Trinajstić information content (AvgIpc) is 2.81. The molecular weight excluding hydrogens is 243 g/mol. The summed E-state index contributed by atoms with van der Waals surface area (Å²) in [4.78, 5) is 0. The third-order valence-corrected chi connectivity index (χ3v) is 2.58. The van der Waals surface area contributed by atoms with Gasteiger partial charge in [0.05, 0.1) is 12.8 Å². The van der Waals surface area contributed by atoms with Gasteiger partial charge in [0.15, 0.2) is 17.5 Å². The van der Waals surface area contributed by atoms with Crippen molar-refractivity contribution in [2.45, 2.75) is 13.5 Å². The summed E-state index contributed by atoms with van der Waals surface area (Å²) >= 11 is 0. The highest BCUT2D eigenvalue weighted by atomic mass is 19.2. The Morgan fingerprint density at radius 2 is 1.83 bits per heavy atom. The lowest BCUT2D eigenvalue weighted by molar-refractivity contribution is 0.447. The Hall–Kier alpha value is -1.75. The van der Waals surface area contributed by atoms with Gasteiger partial charge in [0.1, 0.15) is 5.76 Å². The molecular formula is C13H12F3NO. The molecule has 0 aliphatic heterocycles. The predicted octanol–water partition coefficient (Wildman–Crippen LogP) is 3.47. The standard InChI is InChI=1S/C13H12F3NO/c1-2-17-7-12-9(3-4-18-12)8-5-10(14)13(16)11(15)6-8/h3-6,17H,2,7H2,1H3. The van der Waals surface area contributed by atoms with Gasteiger partial charge in [-0.3, -0.25) is 0 Å². The van der Waals surface area contributed by atoms with E-state index in [9.17, 15) is 13.2 Å². The highest BCUT2D eigenvalue weighted by Gasteiger charge is 2.15. The second-order valence-corrected chi connectivity index (χ2v) is 3.79. The summed E-state index contributed by atoms with van der Waals surface area (Å²) in [7, 11) is 0. The van der Waals surface area contributed by atoms with Gasteiger partial charge in [-0.2, -0.15) is 0 Å². The zero-order chi connectivity index (χ0) is 13.1. The predicted molar refractivity (Wildman–Crippen MR) is 61.4 cm³/mol. The van der Waals surface area contributed by atoms with E-state index >= 15 is 0 Å². The van der Waals surface area contributed by atoms with Crippen LogP contribution in [0.25, 0.3) is 11.1 Å². The first kappa shape index (κ1) is 12.7. The molecule has 96 valence electrons. The van der Waals surface area contributed by atoms with Crippen molar-refractivity contribution in [3.05, 3.63) is 47.7 Å². The van der Waals surface area contributed by atoms with Gasteiger partial charge in [-0.05, 0) is 30.3 Å². The largest absolute Gasteiger partial charge is 0.467 e. The summed E-state index contributed by atoms with van der Waals surface area (Å²) in [6.45, 7) is 3.12. The fraction of sp³-hybridized carbons (Fsp3) is 0.231. The smallest absolute Gasteiger partial charge is 0.194 e. The summed E-state index contributed by atoms with van der Waals surface area (Å²) in [6.07, 6.45) is 1.43. The molecule has 1 N–H and O–H groups in total. The molecule has 1 aromatic carbocycles. The first-order valence-corrected chi connectivity index (χ1v) is 5.55. The Balaban J connectivity index is 2.40. The van der Waals surface area contributed by atoms with Crippen LogP contribution in [0.5, 0.6) is 0 Å². The molecule has 5 heteroatoms. The van der Waals surface area contributed by atoms with Crippen LogP contribution in [0.3, 0.4) is 0 Å². The van der Waals surface area contributed by atoms with Crippen molar-refractivity contribution in [1.29, 1.82) is 0 Å². The highest BCUT2D eigenvalue weighted by molar-refractivity contribution is 5.65. The minimum Gasteiger partial charge on any atom is -0.467 e. The minimum atomic E-state index is -1.46. The highest BCUT2D eigenvalue weighted by Crippen LogP contribution is 2.27. The second kappa shape index (κ2) is 5.27. The molecule has 0 aliphatic rings.